The maximum absolute atomic E-state index is 12.7. The molecule has 0 fully saturated rings. The van der Waals surface area contributed by atoms with Crippen LogP contribution in [0, 0.1) is 0 Å². The molecule has 0 saturated heterocycles. The lowest BCUT2D eigenvalue weighted by atomic mass is 10.2. The quantitative estimate of drug-likeness (QED) is 0.611. The van der Waals surface area contributed by atoms with Crippen molar-refractivity contribution in [1.29, 1.82) is 0 Å². The number of anilines is 1. The summed E-state index contributed by atoms with van der Waals surface area (Å²) in [6.07, 6.45) is 2.51. The number of hydrogen-bond acceptors (Lipinski definition) is 6. The Balaban J connectivity index is 1.42. The number of fused-ring (bicyclic) bond motifs is 1. The fraction of sp³-hybridized carbons (Fsp3) is 0.300. The second-order valence-electron chi connectivity index (χ2n) is 6.34. The molecule has 1 N–H and O–H groups in total. The minimum atomic E-state index is -0.234. The van der Waals surface area contributed by atoms with Crippen molar-refractivity contribution in [1.82, 2.24) is 9.88 Å². The van der Waals surface area contributed by atoms with Crippen molar-refractivity contribution in [3.63, 3.8) is 0 Å². The number of thioether (sulfide) groups is 1. The number of nitrogens with zero attached hydrogens (tertiary/aromatic N) is 2. The smallest absolute Gasteiger partial charge is 0.293 e. The van der Waals surface area contributed by atoms with E-state index in [0.29, 0.717) is 16.6 Å². The Morgan fingerprint density at radius 2 is 2.19 bits per heavy atom. The average Bonchev–Trinajstić information content (AvgIpc) is 3.32. The molecule has 27 heavy (non-hydrogen) atoms. The summed E-state index contributed by atoms with van der Waals surface area (Å²) in [7, 11) is 0. The normalized spacial score (nSPS) is 14.1. The number of benzene rings is 1. The lowest BCUT2D eigenvalue weighted by molar-refractivity contribution is 0.0995. The molecular formula is C20H21N3O2S2. The topological polar surface area (TPSA) is 58.4 Å². The first-order chi connectivity index (χ1) is 13.2. The molecule has 0 unspecified atom stereocenters. The molecule has 1 aromatic carbocycles. The molecule has 0 atom stereocenters. The van der Waals surface area contributed by atoms with E-state index >= 15 is 0 Å². The van der Waals surface area contributed by atoms with Gasteiger partial charge in [0.1, 0.15) is 0 Å². The van der Waals surface area contributed by atoms with Gasteiger partial charge in [-0.15, -0.1) is 23.1 Å². The van der Waals surface area contributed by atoms with Gasteiger partial charge >= 0.3 is 0 Å². The summed E-state index contributed by atoms with van der Waals surface area (Å²) in [5.74, 6) is 0.812. The van der Waals surface area contributed by atoms with Crippen molar-refractivity contribution >= 4 is 34.1 Å². The van der Waals surface area contributed by atoms with Crippen molar-refractivity contribution in [2.45, 2.75) is 30.5 Å². The van der Waals surface area contributed by atoms with E-state index in [0.717, 1.165) is 42.2 Å². The number of nitrogens with one attached hydrogen (secondary N) is 1. The van der Waals surface area contributed by atoms with Crippen molar-refractivity contribution in [3.8, 4) is 0 Å². The molecule has 0 aliphatic carbocycles. The summed E-state index contributed by atoms with van der Waals surface area (Å²) < 4.78 is 5.47. The summed E-state index contributed by atoms with van der Waals surface area (Å²) in [4.78, 5) is 22.1. The maximum Gasteiger partial charge on any atom is 0.293 e. The summed E-state index contributed by atoms with van der Waals surface area (Å²) in [6, 6.07) is 12.0. The van der Waals surface area contributed by atoms with Crippen LogP contribution in [-0.4, -0.2) is 28.9 Å². The largest absolute Gasteiger partial charge is 0.459 e. The molecule has 1 aliphatic rings. The van der Waals surface area contributed by atoms with Crippen molar-refractivity contribution < 1.29 is 9.21 Å². The maximum atomic E-state index is 12.7. The van der Waals surface area contributed by atoms with Crippen LogP contribution >= 0.6 is 23.1 Å². The first-order valence-electron chi connectivity index (χ1n) is 8.99. The third-order valence-corrected chi connectivity index (χ3v) is 6.63. The van der Waals surface area contributed by atoms with Gasteiger partial charge in [-0.05, 0) is 24.7 Å². The fourth-order valence-corrected chi connectivity index (χ4v) is 5.00. The van der Waals surface area contributed by atoms with Gasteiger partial charge in [-0.2, -0.15) is 0 Å². The molecule has 7 heteroatoms. The standard InChI is InChI=1S/C20H21N3O2S2/c1-2-23-10-8-16-17(12-23)27-20(21-16)22-19(24)18-14(9-11-25-18)13-26-15-6-4-3-5-7-15/h3-7,9,11H,2,8,10,12-13H2,1H3,(H,21,22,24). The van der Waals surface area contributed by atoms with Gasteiger partial charge in [0.05, 0.1) is 12.0 Å². The number of thiazole rings is 1. The Hall–Kier alpha value is -2.09. The molecule has 140 valence electrons. The Kier molecular flexibility index (Phi) is 5.61. The number of aromatic nitrogens is 1. The molecule has 5 nitrogen and oxygen atoms in total. The predicted molar refractivity (Wildman–Crippen MR) is 109 cm³/mol. The van der Waals surface area contributed by atoms with Crippen LogP contribution in [0.4, 0.5) is 5.13 Å². The lowest BCUT2D eigenvalue weighted by Crippen LogP contribution is -2.29. The highest BCUT2D eigenvalue weighted by atomic mass is 32.2. The highest BCUT2D eigenvalue weighted by molar-refractivity contribution is 7.98. The van der Waals surface area contributed by atoms with Crippen molar-refractivity contribution in [3.05, 3.63) is 64.6 Å². The van der Waals surface area contributed by atoms with E-state index in [-0.39, 0.29) is 5.91 Å². The van der Waals surface area contributed by atoms with Crippen molar-refractivity contribution in [2.75, 3.05) is 18.4 Å². The highest BCUT2D eigenvalue weighted by Gasteiger charge is 2.22. The molecule has 1 amide bonds. The zero-order valence-electron chi connectivity index (χ0n) is 15.1. The number of rotatable bonds is 6. The molecule has 4 rings (SSSR count). The Bertz CT molecular complexity index is 920. The molecule has 0 bridgehead atoms. The van der Waals surface area contributed by atoms with Gasteiger partial charge in [0.25, 0.3) is 5.91 Å². The summed E-state index contributed by atoms with van der Waals surface area (Å²) in [5, 5.41) is 3.57. The molecule has 2 aromatic heterocycles. The molecule has 0 saturated carbocycles. The number of furan rings is 1. The number of carbonyl (C=O) groups is 1. The van der Waals surface area contributed by atoms with Crippen LogP contribution in [0.25, 0.3) is 0 Å². The van der Waals surface area contributed by atoms with Crippen LogP contribution in [0.1, 0.15) is 33.6 Å². The van der Waals surface area contributed by atoms with Gasteiger partial charge in [-0.1, -0.05) is 25.1 Å². The summed E-state index contributed by atoms with van der Waals surface area (Å²) in [6.45, 7) is 5.15. The van der Waals surface area contributed by atoms with Gasteiger partial charge in [0.2, 0.25) is 0 Å². The average molecular weight is 400 g/mol. The van der Waals surface area contributed by atoms with Crippen LogP contribution in [-0.2, 0) is 18.7 Å². The number of amides is 1. The molecule has 0 spiro atoms. The van der Waals surface area contributed by atoms with Crippen LogP contribution in [0.2, 0.25) is 0 Å². The van der Waals surface area contributed by atoms with E-state index in [4.69, 9.17) is 4.42 Å². The monoisotopic (exact) mass is 399 g/mol. The van der Waals surface area contributed by atoms with Crippen LogP contribution in [0.15, 0.2) is 52.0 Å². The minimum Gasteiger partial charge on any atom is -0.459 e. The minimum absolute atomic E-state index is 0.234. The van der Waals surface area contributed by atoms with E-state index < -0.39 is 0 Å². The van der Waals surface area contributed by atoms with E-state index in [2.05, 4.69) is 34.3 Å². The van der Waals surface area contributed by atoms with Gasteiger partial charge < -0.3 is 4.42 Å². The second-order valence-corrected chi connectivity index (χ2v) is 8.47. The zero-order valence-corrected chi connectivity index (χ0v) is 16.7. The van der Waals surface area contributed by atoms with Gasteiger partial charge in [-0.25, -0.2) is 4.98 Å². The molecular weight excluding hydrogens is 378 g/mol. The molecule has 1 aliphatic heterocycles. The van der Waals surface area contributed by atoms with E-state index in [1.54, 1.807) is 29.4 Å². The highest BCUT2D eigenvalue weighted by Crippen LogP contribution is 2.29. The van der Waals surface area contributed by atoms with Crippen LogP contribution in [0.3, 0.4) is 0 Å². The Labute approximate surface area is 166 Å². The van der Waals surface area contributed by atoms with Gasteiger partial charge in [0, 0.05) is 40.6 Å². The summed E-state index contributed by atoms with van der Waals surface area (Å²) >= 11 is 3.25. The van der Waals surface area contributed by atoms with Crippen molar-refractivity contribution in [2.24, 2.45) is 0 Å². The third-order valence-electron chi connectivity index (χ3n) is 4.57. The second kappa shape index (κ2) is 8.29. The first kappa shape index (κ1) is 18.3. The van der Waals surface area contributed by atoms with Crippen LogP contribution < -0.4 is 5.32 Å². The molecule has 3 heterocycles. The van der Waals surface area contributed by atoms with E-state index in [1.165, 1.54) is 4.88 Å². The summed E-state index contributed by atoms with van der Waals surface area (Å²) in [5.41, 5.74) is 2.00. The zero-order chi connectivity index (χ0) is 18.6. The predicted octanol–water partition coefficient (Wildman–Crippen LogP) is 4.66. The van der Waals surface area contributed by atoms with Crippen LogP contribution in [0.5, 0.6) is 0 Å². The number of likely N-dealkylation sites (N-methyl/N-ethyl adjacent to an activating group) is 1. The third kappa shape index (κ3) is 4.26. The molecule has 0 radical (unpaired) electrons. The fourth-order valence-electron chi connectivity index (χ4n) is 3.05. The lowest BCUT2D eigenvalue weighted by Gasteiger charge is -2.23. The van der Waals surface area contributed by atoms with E-state index in [1.807, 2.05) is 24.3 Å². The van der Waals surface area contributed by atoms with E-state index in [9.17, 15) is 4.79 Å². The Morgan fingerprint density at radius 1 is 1.33 bits per heavy atom. The first-order valence-corrected chi connectivity index (χ1v) is 10.8. The van der Waals surface area contributed by atoms with Gasteiger partial charge in [-0.3, -0.25) is 15.0 Å². The van der Waals surface area contributed by atoms with Gasteiger partial charge in [0.15, 0.2) is 10.9 Å². The number of hydrogen-bond donors (Lipinski definition) is 1. The molecule has 3 aromatic rings. The SMILES string of the molecule is CCN1CCc2nc(NC(=O)c3occc3CSc3ccccc3)sc2C1. The Morgan fingerprint density at radius 3 is 3.00 bits per heavy atom. The number of carbonyl (C=O) groups excluding carboxylic acids is 1.